The lowest BCUT2D eigenvalue weighted by Crippen LogP contribution is -2.48. The number of hydrogen-bond donors (Lipinski definition) is 0. The summed E-state index contributed by atoms with van der Waals surface area (Å²) in [7, 11) is 1.45. The summed E-state index contributed by atoms with van der Waals surface area (Å²) in [6, 6.07) is 15.0. The second-order valence-electron chi connectivity index (χ2n) is 9.30. The van der Waals surface area contributed by atoms with E-state index in [1.165, 1.54) is 25.3 Å². The maximum Gasteiger partial charge on any atom is 0.271 e. The van der Waals surface area contributed by atoms with E-state index in [1.807, 2.05) is 34.7 Å². The molecular formula is C29H29F2N3O3. The molecular weight excluding hydrogens is 476 g/mol. The van der Waals surface area contributed by atoms with Crippen molar-refractivity contribution in [2.45, 2.75) is 20.0 Å². The Morgan fingerprint density at radius 2 is 1.70 bits per heavy atom. The van der Waals surface area contributed by atoms with Gasteiger partial charge in [0.25, 0.3) is 5.91 Å². The van der Waals surface area contributed by atoms with Crippen LogP contribution in [-0.4, -0.2) is 53.6 Å². The molecule has 0 aliphatic carbocycles. The van der Waals surface area contributed by atoms with Gasteiger partial charge in [-0.15, -0.1) is 0 Å². The third-order valence-electron chi connectivity index (χ3n) is 6.79. The smallest absolute Gasteiger partial charge is 0.271 e. The van der Waals surface area contributed by atoms with Crippen molar-refractivity contribution in [3.63, 3.8) is 0 Å². The molecule has 0 spiro atoms. The van der Waals surface area contributed by atoms with Gasteiger partial charge >= 0.3 is 0 Å². The molecule has 1 amide bonds. The summed E-state index contributed by atoms with van der Waals surface area (Å²) in [5.41, 5.74) is 4.02. The van der Waals surface area contributed by atoms with Gasteiger partial charge in [0, 0.05) is 45.5 Å². The normalized spacial score (nSPS) is 14.2. The highest BCUT2D eigenvalue weighted by Gasteiger charge is 2.29. The van der Waals surface area contributed by atoms with E-state index in [1.54, 1.807) is 30.5 Å². The van der Waals surface area contributed by atoms with Crippen molar-refractivity contribution in [3.8, 4) is 17.1 Å². The number of rotatable bonds is 7. The number of aryl methyl sites for hydroxylation is 1. The molecule has 0 atom stereocenters. The Balaban J connectivity index is 1.35. The molecule has 1 saturated heterocycles. The van der Waals surface area contributed by atoms with Gasteiger partial charge in [-0.1, -0.05) is 18.2 Å². The maximum atomic E-state index is 14.1. The largest absolute Gasteiger partial charge is 0.494 e. The van der Waals surface area contributed by atoms with Crippen LogP contribution in [0.3, 0.4) is 0 Å². The monoisotopic (exact) mass is 505 g/mol. The molecule has 0 bridgehead atoms. The number of halogens is 2. The number of hydrogen-bond acceptors (Lipinski definition) is 4. The van der Waals surface area contributed by atoms with E-state index in [-0.39, 0.29) is 23.3 Å². The van der Waals surface area contributed by atoms with Gasteiger partial charge in [-0.05, 0) is 60.0 Å². The molecule has 3 heterocycles. The quantitative estimate of drug-likeness (QED) is 0.340. The number of furan rings is 1. The fraction of sp³-hybridized carbons (Fsp3) is 0.276. The van der Waals surface area contributed by atoms with E-state index in [0.717, 1.165) is 22.3 Å². The molecule has 0 N–H and O–H groups in total. The highest BCUT2D eigenvalue weighted by molar-refractivity contribution is 6.00. The number of amides is 1. The van der Waals surface area contributed by atoms with E-state index in [2.05, 4.69) is 4.90 Å². The van der Waals surface area contributed by atoms with E-state index in [4.69, 9.17) is 9.15 Å². The van der Waals surface area contributed by atoms with E-state index >= 15 is 0 Å². The summed E-state index contributed by atoms with van der Waals surface area (Å²) in [5.74, 6) is 0.118. The van der Waals surface area contributed by atoms with Gasteiger partial charge in [0.1, 0.15) is 17.3 Å². The number of ether oxygens (including phenoxy) is 1. The molecule has 1 aliphatic heterocycles. The first kappa shape index (κ1) is 24.8. The van der Waals surface area contributed by atoms with Crippen LogP contribution in [0.5, 0.6) is 5.75 Å². The number of methoxy groups -OCH3 is 1. The van der Waals surface area contributed by atoms with E-state index < -0.39 is 0 Å². The fourth-order valence-electron chi connectivity index (χ4n) is 4.89. The highest BCUT2D eigenvalue weighted by Crippen LogP contribution is 2.32. The maximum absolute atomic E-state index is 14.1. The molecule has 0 unspecified atom stereocenters. The number of benzene rings is 2. The van der Waals surface area contributed by atoms with E-state index in [0.29, 0.717) is 50.7 Å². The number of aromatic nitrogens is 1. The second kappa shape index (κ2) is 10.6. The molecule has 0 saturated carbocycles. The third-order valence-corrected chi connectivity index (χ3v) is 6.79. The first-order chi connectivity index (χ1) is 17.9. The Hall–Kier alpha value is -3.91. The Kier molecular flexibility index (Phi) is 7.10. The summed E-state index contributed by atoms with van der Waals surface area (Å²) in [6.07, 6.45) is 3.55. The van der Waals surface area contributed by atoms with Crippen molar-refractivity contribution in [2.24, 2.45) is 0 Å². The number of carbonyl (C=O) groups excluding carboxylic acids is 1. The molecule has 1 aliphatic rings. The standard InChI is InChI=1S/C29H29F2N3O3/c1-20-17-34(19-21-5-8-23(30)9-6-21)28(27(20)26-4-3-15-37-26)29(35)33-13-11-32(12-14-33)18-22-7-10-25(36-2)24(31)16-22/h3-10,15-17H,11-14,18-19H2,1-2H3. The lowest BCUT2D eigenvalue weighted by atomic mass is 10.1. The minimum absolute atomic E-state index is 0.0725. The predicted octanol–water partition coefficient (Wildman–Crippen LogP) is 5.35. The fourth-order valence-corrected chi connectivity index (χ4v) is 4.89. The van der Waals surface area contributed by atoms with Crippen LogP contribution in [0, 0.1) is 18.6 Å². The summed E-state index contributed by atoms with van der Waals surface area (Å²) in [4.78, 5) is 18.0. The zero-order chi connectivity index (χ0) is 25.9. The molecule has 37 heavy (non-hydrogen) atoms. The van der Waals surface area contributed by atoms with Crippen LogP contribution in [-0.2, 0) is 13.1 Å². The van der Waals surface area contributed by atoms with E-state index in [9.17, 15) is 13.6 Å². The topological polar surface area (TPSA) is 50.9 Å². The van der Waals surface area contributed by atoms with Crippen molar-refractivity contribution in [1.29, 1.82) is 0 Å². The Morgan fingerprint density at radius 3 is 2.35 bits per heavy atom. The average molecular weight is 506 g/mol. The van der Waals surface area contributed by atoms with Gasteiger partial charge in [0.15, 0.2) is 11.6 Å². The van der Waals surface area contributed by atoms with Crippen LogP contribution in [0.15, 0.2) is 71.5 Å². The third kappa shape index (κ3) is 5.29. The minimum Gasteiger partial charge on any atom is -0.494 e. The van der Waals surface area contributed by atoms with Crippen LogP contribution in [0.2, 0.25) is 0 Å². The molecule has 8 heteroatoms. The van der Waals surface area contributed by atoms with Crippen LogP contribution in [0.1, 0.15) is 27.2 Å². The zero-order valence-electron chi connectivity index (χ0n) is 20.9. The molecule has 1 fully saturated rings. The lowest BCUT2D eigenvalue weighted by Gasteiger charge is -2.35. The van der Waals surface area contributed by atoms with Gasteiger partial charge in [0.2, 0.25) is 0 Å². The van der Waals surface area contributed by atoms with Gasteiger partial charge in [0.05, 0.1) is 18.9 Å². The van der Waals surface area contributed by atoms with Gasteiger partial charge < -0.3 is 18.6 Å². The van der Waals surface area contributed by atoms with Crippen LogP contribution in [0.4, 0.5) is 8.78 Å². The van der Waals surface area contributed by atoms with Gasteiger partial charge in [-0.2, -0.15) is 0 Å². The molecule has 6 nitrogen and oxygen atoms in total. The van der Waals surface area contributed by atoms with Gasteiger partial charge in [-0.3, -0.25) is 9.69 Å². The minimum atomic E-state index is -0.378. The molecule has 192 valence electrons. The zero-order valence-corrected chi connectivity index (χ0v) is 20.9. The number of carbonyl (C=O) groups is 1. The van der Waals surface area contributed by atoms with Crippen LogP contribution < -0.4 is 4.74 Å². The molecule has 2 aromatic carbocycles. The summed E-state index contributed by atoms with van der Waals surface area (Å²) < 4.78 is 40.2. The summed E-state index contributed by atoms with van der Waals surface area (Å²) in [6.45, 7) is 5.44. The van der Waals surface area contributed by atoms with Crippen LogP contribution >= 0.6 is 0 Å². The Labute approximate surface area is 214 Å². The highest BCUT2D eigenvalue weighted by atomic mass is 19.1. The van der Waals surface area contributed by atoms with Crippen molar-refractivity contribution in [2.75, 3.05) is 33.3 Å². The van der Waals surface area contributed by atoms with Crippen molar-refractivity contribution in [1.82, 2.24) is 14.4 Å². The first-order valence-corrected chi connectivity index (χ1v) is 12.2. The Bertz CT molecular complexity index is 1370. The average Bonchev–Trinajstić information content (AvgIpc) is 3.53. The molecule has 2 aromatic heterocycles. The first-order valence-electron chi connectivity index (χ1n) is 12.2. The number of nitrogens with zero attached hydrogens (tertiary/aromatic N) is 3. The number of piperazine rings is 1. The van der Waals surface area contributed by atoms with Gasteiger partial charge in [-0.25, -0.2) is 8.78 Å². The van der Waals surface area contributed by atoms with Crippen LogP contribution in [0.25, 0.3) is 11.3 Å². The molecule has 5 rings (SSSR count). The Morgan fingerprint density at radius 1 is 0.973 bits per heavy atom. The predicted molar refractivity (Wildman–Crippen MR) is 137 cm³/mol. The van der Waals surface area contributed by atoms with Crippen molar-refractivity contribution < 1.29 is 22.7 Å². The molecule has 4 aromatic rings. The summed E-state index contributed by atoms with van der Waals surface area (Å²) in [5, 5.41) is 0. The second-order valence-corrected chi connectivity index (χ2v) is 9.30. The summed E-state index contributed by atoms with van der Waals surface area (Å²) >= 11 is 0. The SMILES string of the molecule is COc1ccc(CN2CCN(C(=O)c3c(-c4ccco4)c(C)cn3Cc3ccc(F)cc3)CC2)cc1F. The molecule has 0 radical (unpaired) electrons. The van der Waals surface area contributed by atoms with Crippen molar-refractivity contribution in [3.05, 3.63) is 101 Å². The van der Waals surface area contributed by atoms with Crippen molar-refractivity contribution >= 4 is 5.91 Å². The lowest BCUT2D eigenvalue weighted by molar-refractivity contribution is 0.0619.